The van der Waals surface area contributed by atoms with Gasteiger partial charge in [0.25, 0.3) is 5.91 Å². The predicted molar refractivity (Wildman–Crippen MR) is 95.0 cm³/mol. The van der Waals surface area contributed by atoms with Gasteiger partial charge in [0.2, 0.25) is 0 Å². The molecule has 0 spiro atoms. The van der Waals surface area contributed by atoms with Gasteiger partial charge in [0.15, 0.2) is 5.69 Å². The summed E-state index contributed by atoms with van der Waals surface area (Å²) in [7, 11) is 1.54. The Morgan fingerprint density at radius 2 is 1.72 bits per heavy atom. The average molecular weight is 408 g/mol. The average Bonchev–Trinajstić information content (AvgIpc) is 3.03. The topological polar surface area (TPSA) is 60.3 Å². The Morgan fingerprint density at radius 1 is 1.10 bits per heavy atom. The van der Waals surface area contributed by atoms with Crippen molar-refractivity contribution in [3.8, 4) is 11.4 Å². The molecule has 0 saturated carbocycles. The van der Waals surface area contributed by atoms with Gasteiger partial charge in [0, 0.05) is 13.6 Å². The summed E-state index contributed by atoms with van der Waals surface area (Å²) in [5.41, 5.74) is 1.76. The van der Waals surface area contributed by atoms with Crippen LogP contribution >= 0.6 is 0 Å². The highest BCUT2D eigenvalue weighted by Crippen LogP contribution is 2.23. The Balaban J connectivity index is 1.71. The summed E-state index contributed by atoms with van der Waals surface area (Å²) in [6.45, 7) is 1.81. The number of carbonyl (C=O) groups is 1. The largest absolute Gasteiger partial charge is 0.573 e. The van der Waals surface area contributed by atoms with E-state index in [1.54, 1.807) is 14.0 Å². The first kappa shape index (κ1) is 20.3. The Kier molecular flexibility index (Phi) is 5.53. The van der Waals surface area contributed by atoms with E-state index in [-0.39, 0.29) is 18.0 Å². The third-order valence-corrected chi connectivity index (χ3v) is 4.09. The monoisotopic (exact) mass is 408 g/mol. The van der Waals surface area contributed by atoms with Gasteiger partial charge in [-0.1, -0.05) is 17.3 Å². The zero-order valence-corrected chi connectivity index (χ0v) is 15.4. The summed E-state index contributed by atoms with van der Waals surface area (Å²) in [6, 6.07) is 10.8. The molecule has 0 radical (unpaired) electrons. The lowest BCUT2D eigenvalue weighted by molar-refractivity contribution is -0.274. The van der Waals surface area contributed by atoms with Gasteiger partial charge in [0.05, 0.1) is 11.4 Å². The fraction of sp³-hybridized carbons (Fsp3) is 0.211. The molecule has 3 aromatic rings. The van der Waals surface area contributed by atoms with Crippen LogP contribution in [-0.2, 0) is 6.54 Å². The Labute approximate surface area is 163 Å². The molecule has 1 amide bonds. The molecule has 0 saturated heterocycles. The number of nitrogens with zero attached hydrogens (tertiary/aromatic N) is 4. The van der Waals surface area contributed by atoms with Crippen molar-refractivity contribution in [2.45, 2.75) is 19.8 Å². The van der Waals surface area contributed by atoms with Gasteiger partial charge >= 0.3 is 6.36 Å². The van der Waals surface area contributed by atoms with Crippen LogP contribution in [0.5, 0.6) is 5.75 Å². The second kappa shape index (κ2) is 7.90. The number of benzene rings is 2. The molecule has 0 atom stereocenters. The molecule has 3 rings (SSSR count). The highest BCUT2D eigenvalue weighted by molar-refractivity contribution is 5.93. The molecular formula is C19H16F4N4O2. The minimum atomic E-state index is -4.76. The highest BCUT2D eigenvalue weighted by Gasteiger charge is 2.31. The molecule has 6 nitrogen and oxygen atoms in total. The molecule has 0 fully saturated rings. The zero-order valence-electron chi connectivity index (χ0n) is 15.4. The maximum absolute atomic E-state index is 13.1. The summed E-state index contributed by atoms with van der Waals surface area (Å²) in [4.78, 5) is 14.1. The van der Waals surface area contributed by atoms with Crippen molar-refractivity contribution in [1.82, 2.24) is 19.9 Å². The number of aromatic nitrogens is 3. The first-order chi connectivity index (χ1) is 13.6. The van der Waals surface area contributed by atoms with Gasteiger partial charge in [-0.05, 0) is 48.9 Å². The van der Waals surface area contributed by atoms with Crippen LogP contribution in [0.2, 0.25) is 0 Å². The fourth-order valence-electron chi connectivity index (χ4n) is 2.68. The first-order valence-corrected chi connectivity index (χ1v) is 8.42. The maximum Gasteiger partial charge on any atom is 0.573 e. The van der Waals surface area contributed by atoms with Crippen LogP contribution in [0.15, 0.2) is 48.5 Å². The number of alkyl halides is 3. The van der Waals surface area contributed by atoms with E-state index in [9.17, 15) is 22.4 Å². The second-order valence-electron chi connectivity index (χ2n) is 6.26. The number of rotatable bonds is 5. The number of halogens is 4. The van der Waals surface area contributed by atoms with E-state index in [0.29, 0.717) is 16.9 Å². The summed E-state index contributed by atoms with van der Waals surface area (Å²) in [5, 5.41) is 7.86. The molecule has 10 heteroatoms. The summed E-state index contributed by atoms with van der Waals surface area (Å²) in [5.74, 6) is -1.14. The molecule has 0 aliphatic heterocycles. The van der Waals surface area contributed by atoms with Crippen LogP contribution in [-0.4, -0.2) is 39.2 Å². The van der Waals surface area contributed by atoms with E-state index in [1.807, 2.05) is 0 Å². The minimum Gasteiger partial charge on any atom is -0.406 e. The van der Waals surface area contributed by atoms with Crippen molar-refractivity contribution < 1.29 is 27.1 Å². The Morgan fingerprint density at radius 3 is 2.31 bits per heavy atom. The van der Waals surface area contributed by atoms with Crippen LogP contribution in [0.25, 0.3) is 5.69 Å². The van der Waals surface area contributed by atoms with Crippen molar-refractivity contribution in [3.05, 3.63) is 71.3 Å². The maximum atomic E-state index is 13.1. The van der Waals surface area contributed by atoms with E-state index >= 15 is 0 Å². The van der Waals surface area contributed by atoms with E-state index in [1.165, 1.54) is 58.1 Å². The third-order valence-electron chi connectivity index (χ3n) is 4.09. The lowest BCUT2D eigenvalue weighted by atomic mass is 10.2. The number of hydrogen-bond donors (Lipinski definition) is 0. The second-order valence-corrected chi connectivity index (χ2v) is 6.26. The molecule has 0 N–H and O–H groups in total. The van der Waals surface area contributed by atoms with Gasteiger partial charge in [-0.25, -0.2) is 9.07 Å². The molecule has 1 aromatic heterocycles. The Hall–Kier alpha value is -3.43. The van der Waals surface area contributed by atoms with Crippen LogP contribution in [0.1, 0.15) is 21.7 Å². The van der Waals surface area contributed by atoms with Crippen molar-refractivity contribution in [2.75, 3.05) is 7.05 Å². The highest BCUT2D eigenvalue weighted by atomic mass is 19.4. The predicted octanol–water partition coefficient (Wildman–Crippen LogP) is 3.89. The van der Waals surface area contributed by atoms with E-state index in [4.69, 9.17) is 0 Å². The SMILES string of the molecule is Cc1c(C(=O)N(C)Cc2ccc(OC(F)(F)F)cc2)nnn1-c1ccc(F)cc1. The first-order valence-electron chi connectivity index (χ1n) is 8.42. The molecule has 152 valence electrons. The zero-order chi connectivity index (χ0) is 21.2. The standard InChI is InChI=1S/C19H16F4N4O2/c1-12-17(24-25-27(12)15-7-5-14(20)6-8-15)18(28)26(2)11-13-3-9-16(10-4-13)29-19(21,22)23/h3-10H,11H2,1-2H3. The molecule has 0 aliphatic carbocycles. The van der Waals surface area contributed by atoms with Crippen LogP contribution in [0.3, 0.4) is 0 Å². The van der Waals surface area contributed by atoms with Gasteiger partial charge in [-0.3, -0.25) is 4.79 Å². The number of amides is 1. The van der Waals surface area contributed by atoms with E-state index in [0.717, 1.165) is 0 Å². The lowest BCUT2D eigenvalue weighted by Crippen LogP contribution is -2.27. The van der Waals surface area contributed by atoms with Gasteiger partial charge < -0.3 is 9.64 Å². The lowest BCUT2D eigenvalue weighted by Gasteiger charge is -2.17. The summed E-state index contributed by atoms with van der Waals surface area (Å²) < 4.78 is 55.0. The minimum absolute atomic E-state index is 0.119. The normalized spacial score (nSPS) is 11.4. The van der Waals surface area contributed by atoms with Gasteiger partial charge in [-0.2, -0.15) is 0 Å². The van der Waals surface area contributed by atoms with Crippen LogP contribution in [0.4, 0.5) is 17.6 Å². The molecule has 2 aromatic carbocycles. The molecule has 1 heterocycles. The summed E-state index contributed by atoms with van der Waals surface area (Å²) >= 11 is 0. The number of ether oxygens (including phenoxy) is 1. The number of carbonyl (C=O) groups excluding carboxylic acids is 1. The van der Waals surface area contributed by atoms with Crippen LogP contribution < -0.4 is 4.74 Å². The van der Waals surface area contributed by atoms with Crippen molar-refractivity contribution in [1.29, 1.82) is 0 Å². The number of hydrogen-bond acceptors (Lipinski definition) is 4. The van der Waals surface area contributed by atoms with Crippen molar-refractivity contribution in [3.63, 3.8) is 0 Å². The van der Waals surface area contributed by atoms with Gasteiger partial charge in [-0.15, -0.1) is 18.3 Å². The fourth-order valence-corrected chi connectivity index (χ4v) is 2.68. The summed E-state index contributed by atoms with van der Waals surface area (Å²) in [6.07, 6.45) is -4.76. The van der Waals surface area contributed by atoms with Crippen molar-refractivity contribution in [2.24, 2.45) is 0 Å². The molecule has 0 aliphatic rings. The van der Waals surface area contributed by atoms with Crippen molar-refractivity contribution >= 4 is 5.91 Å². The molecule has 29 heavy (non-hydrogen) atoms. The molecular weight excluding hydrogens is 392 g/mol. The van der Waals surface area contributed by atoms with Crippen LogP contribution in [0, 0.1) is 12.7 Å². The van der Waals surface area contributed by atoms with Gasteiger partial charge in [0.1, 0.15) is 11.6 Å². The third kappa shape index (κ3) is 4.89. The van der Waals surface area contributed by atoms with E-state index < -0.39 is 18.1 Å². The quantitative estimate of drug-likeness (QED) is 0.601. The smallest absolute Gasteiger partial charge is 0.406 e. The van der Waals surface area contributed by atoms with E-state index in [2.05, 4.69) is 15.0 Å². The Bertz CT molecular complexity index is 999. The molecule has 0 unspecified atom stereocenters. The molecule has 0 bridgehead atoms.